The number of benzene rings is 2. The van der Waals surface area contributed by atoms with E-state index in [4.69, 9.17) is 11.6 Å². The van der Waals surface area contributed by atoms with E-state index in [9.17, 15) is 0 Å². The fourth-order valence-corrected chi connectivity index (χ4v) is 3.26. The van der Waals surface area contributed by atoms with E-state index in [0.29, 0.717) is 0 Å². The third-order valence-electron chi connectivity index (χ3n) is 2.84. The third kappa shape index (κ3) is 1.97. The van der Waals surface area contributed by atoms with E-state index in [0.717, 1.165) is 10.4 Å². The highest BCUT2D eigenvalue weighted by Crippen LogP contribution is 2.36. The van der Waals surface area contributed by atoms with Crippen LogP contribution in [0.1, 0.15) is 5.56 Å². The van der Waals surface area contributed by atoms with Crippen molar-refractivity contribution in [3.63, 3.8) is 0 Å². The van der Waals surface area contributed by atoms with Crippen LogP contribution in [0.15, 0.2) is 48.5 Å². The monoisotopic (exact) mass is 258 g/mol. The lowest BCUT2D eigenvalue weighted by molar-refractivity contribution is 1.48. The average molecular weight is 259 g/mol. The first kappa shape index (κ1) is 10.8. The fraction of sp³-hybridized carbons (Fsp3) is 0.0667. The topological polar surface area (TPSA) is 0 Å². The SMILES string of the molecule is Cc1ccc(-c2cc3c(Cl)cccc3s2)cc1. The van der Waals surface area contributed by atoms with Crippen molar-refractivity contribution in [2.75, 3.05) is 0 Å². The Morgan fingerprint density at radius 3 is 2.47 bits per heavy atom. The Kier molecular flexibility index (Phi) is 2.65. The van der Waals surface area contributed by atoms with E-state index in [2.05, 4.69) is 43.3 Å². The van der Waals surface area contributed by atoms with Gasteiger partial charge in [0.2, 0.25) is 0 Å². The van der Waals surface area contributed by atoms with Crippen LogP contribution in [0, 0.1) is 6.92 Å². The second-order valence-corrected chi connectivity index (χ2v) is 5.62. The van der Waals surface area contributed by atoms with Crippen LogP contribution in [0.2, 0.25) is 5.02 Å². The summed E-state index contributed by atoms with van der Waals surface area (Å²) < 4.78 is 1.24. The zero-order valence-corrected chi connectivity index (χ0v) is 11.0. The van der Waals surface area contributed by atoms with Gasteiger partial charge in [0.15, 0.2) is 0 Å². The van der Waals surface area contributed by atoms with Gasteiger partial charge in [-0.1, -0.05) is 47.5 Å². The highest BCUT2D eigenvalue weighted by Gasteiger charge is 2.06. The van der Waals surface area contributed by atoms with Crippen LogP contribution in [-0.2, 0) is 0 Å². The van der Waals surface area contributed by atoms with Gasteiger partial charge in [0.05, 0.1) is 0 Å². The summed E-state index contributed by atoms with van der Waals surface area (Å²) >= 11 is 7.98. The van der Waals surface area contributed by atoms with Crippen molar-refractivity contribution in [2.45, 2.75) is 6.92 Å². The summed E-state index contributed by atoms with van der Waals surface area (Å²) in [6.45, 7) is 2.10. The number of halogens is 1. The molecule has 17 heavy (non-hydrogen) atoms. The first-order valence-corrected chi connectivity index (χ1v) is 6.68. The summed E-state index contributed by atoms with van der Waals surface area (Å²) in [5.41, 5.74) is 2.54. The number of hydrogen-bond acceptors (Lipinski definition) is 1. The maximum absolute atomic E-state index is 6.19. The summed E-state index contributed by atoms with van der Waals surface area (Å²) in [4.78, 5) is 1.27. The molecule has 0 atom stereocenters. The molecule has 1 aromatic heterocycles. The molecule has 0 aliphatic rings. The molecule has 0 saturated carbocycles. The molecule has 2 heteroatoms. The molecular formula is C15H11ClS. The lowest BCUT2D eigenvalue weighted by atomic mass is 10.1. The van der Waals surface area contributed by atoms with Crippen LogP contribution in [0.5, 0.6) is 0 Å². The fourth-order valence-electron chi connectivity index (χ4n) is 1.89. The predicted molar refractivity (Wildman–Crippen MR) is 77.0 cm³/mol. The molecule has 0 unspecified atom stereocenters. The third-order valence-corrected chi connectivity index (χ3v) is 4.32. The standard InChI is InChI=1S/C15H11ClS/c1-10-5-7-11(8-6-10)15-9-12-13(16)3-2-4-14(12)17-15/h2-9H,1H3. The van der Waals surface area contributed by atoms with E-state index in [1.807, 2.05) is 12.1 Å². The lowest BCUT2D eigenvalue weighted by Gasteiger charge is -1.96. The van der Waals surface area contributed by atoms with Gasteiger partial charge in [0.1, 0.15) is 0 Å². The average Bonchev–Trinajstić information content (AvgIpc) is 2.75. The van der Waals surface area contributed by atoms with E-state index in [1.165, 1.54) is 20.7 Å². The summed E-state index contributed by atoms with van der Waals surface area (Å²) in [5, 5.41) is 1.98. The largest absolute Gasteiger partial charge is 0.135 e. The van der Waals surface area contributed by atoms with Gasteiger partial charge >= 0.3 is 0 Å². The number of aryl methyl sites for hydroxylation is 1. The van der Waals surface area contributed by atoms with Gasteiger partial charge in [-0.25, -0.2) is 0 Å². The maximum atomic E-state index is 6.19. The first-order valence-electron chi connectivity index (χ1n) is 5.49. The molecule has 0 fully saturated rings. The van der Waals surface area contributed by atoms with Gasteiger partial charge in [-0.15, -0.1) is 11.3 Å². The normalized spacial score (nSPS) is 10.9. The minimum absolute atomic E-state index is 0.831. The molecule has 0 aliphatic carbocycles. The second-order valence-electron chi connectivity index (χ2n) is 4.13. The van der Waals surface area contributed by atoms with Crippen molar-refractivity contribution in [1.29, 1.82) is 0 Å². The van der Waals surface area contributed by atoms with Crippen molar-refractivity contribution >= 4 is 33.0 Å². The minimum Gasteiger partial charge on any atom is -0.135 e. The first-order chi connectivity index (χ1) is 8.24. The molecule has 1 heterocycles. The van der Waals surface area contributed by atoms with Crippen molar-refractivity contribution in [1.82, 2.24) is 0 Å². The van der Waals surface area contributed by atoms with Gasteiger partial charge < -0.3 is 0 Å². The summed E-state index contributed by atoms with van der Waals surface area (Å²) in [7, 11) is 0. The van der Waals surface area contributed by atoms with Crippen molar-refractivity contribution < 1.29 is 0 Å². The van der Waals surface area contributed by atoms with Gasteiger partial charge in [0.25, 0.3) is 0 Å². The molecule has 0 N–H and O–H groups in total. The molecule has 3 rings (SSSR count). The van der Waals surface area contributed by atoms with Crippen LogP contribution >= 0.6 is 22.9 Å². The van der Waals surface area contributed by atoms with E-state index >= 15 is 0 Å². The quantitative estimate of drug-likeness (QED) is 0.538. The molecule has 0 spiro atoms. The predicted octanol–water partition coefficient (Wildman–Crippen LogP) is 5.53. The van der Waals surface area contributed by atoms with Crippen LogP contribution < -0.4 is 0 Å². The Morgan fingerprint density at radius 1 is 1.00 bits per heavy atom. The Hall–Kier alpha value is -1.31. The Labute approximate surface area is 109 Å². The smallest absolute Gasteiger partial charge is 0.0493 e. The van der Waals surface area contributed by atoms with Crippen molar-refractivity contribution in [3.8, 4) is 10.4 Å². The van der Waals surface area contributed by atoms with Gasteiger partial charge in [-0.05, 0) is 30.7 Å². The highest BCUT2D eigenvalue weighted by atomic mass is 35.5. The molecule has 0 saturated heterocycles. The molecule has 3 aromatic rings. The maximum Gasteiger partial charge on any atom is 0.0493 e. The summed E-state index contributed by atoms with van der Waals surface area (Å²) in [6, 6.07) is 16.8. The lowest BCUT2D eigenvalue weighted by Crippen LogP contribution is -1.73. The molecule has 0 aliphatic heterocycles. The summed E-state index contributed by atoms with van der Waals surface area (Å²) in [5.74, 6) is 0. The number of hydrogen-bond donors (Lipinski definition) is 0. The van der Waals surface area contributed by atoms with Crippen molar-refractivity contribution in [3.05, 3.63) is 59.1 Å². The van der Waals surface area contributed by atoms with Gasteiger partial charge in [0, 0.05) is 20.0 Å². The molecule has 0 bridgehead atoms. The van der Waals surface area contributed by atoms with E-state index in [1.54, 1.807) is 11.3 Å². The minimum atomic E-state index is 0.831. The van der Waals surface area contributed by atoms with E-state index in [-0.39, 0.29) is 0 Å². The molecule has 0 nitrogen and oxygen atoms in total. The van der Waals surface area contributed by atoms with Crippen LogP contribution in [0.25, 0.3) is 20.5 Å². The highest BCUT2D eigenvalue weighted by molar-refractivity contribution is 7.22. The van der Waals surface area contributed by atoms with Crippen LogP contribution in [0.3, 0.4) is 0 Å². The van der Waals surface area contributed by atoms with Gasteiger partial charge in [-0.3, -0.25) is 0 Å². The van der Waals surface area contributed by atoms with E-state index < -0.39 is 0 Å². The number of fused-ring (bicyclic) bond motifs is 1. The van der Waals surface area contributed by atoms with Crippen LogP contribution in [-0.4, -0.2) is 0 Å². The molecule has 2 aromatic carbocycles. The second kappa shape index (κ2) is 4.17. The summed E-state index contributed by atoms with van der Waals surface area (Å²) in [6.07, 6.45) is 0. The molecule has 84 valence electrons. The Balaban J connectivity index is 2.18. The molecule has 0 radical (unpaired) electrons. The zero-order chi connectivity index (χ0) is 11.8. The van der Waals surface area contributed by atoms with Gasteiger partial charge in [-0.2, -0.15) is 0 Å². The Bertz CT molecular complexity index is 665. The number of thiophene rings is 1. The zero-order valence-electron chi connectivity index (χ0n) is 9.41. The van der Waals surface area contributed by atoms with Crippen molar-refractivity contribution in [2.24, 2.45) is 0 Å². The number of rotatable bonds is 1. The van der Waals surface area contributed by atoms with Crippen LogP contribution in [0.4, 0.5) is 0 Å². The Morgan fingerprint density at radius 2 is 1.76 bits per heavy atom. The molecule has 0 amide bonds. The molecular weight excluding hydrogens is 248 g/mol.